The van der Waals surface area contributed by atoms with Crippen LogP contribution in [-0.2, 0) is 0 Å². The maximum atomic E-state index is 9.80. The van der Waals surface area contributed by atoms with Gasteiger partial charge in [0.25, 0.3) is 0 Å². The SMILES string of the molecule is [2H]c1c([2H])c([2H])c(-n2c3c([2H])c([2H])c([2H])c([2H])c3c3c([2H])c([2H])c([2H])c(-c4c([2H])c([2H])c([2H])c(-c5nc(-c6ccccc6)nc(-c6ccc(-c7ccccc7)cc6)n5)c4[2H])c32)c([2H])c1[2H]. The van der Waals surface area contributed by atoms with Crippen molar-refractivity contribution in [1.29, 1.82) is 0 Å². The van der Waals surface area contributed by atoms with Gasteiger partial charge in [0.1, 0.15) is 0 Å². The number of benzene rings is 7. The number of hydrogen-bond donors (Lipinski definition) is 0. The largest absolute Gasteiger partial charge is 0.309 e. The summed E-state index contributed by atoms with van der Waals surface area (Å²) in [5, 5.41) is -0.809. The highest BCUT2D eigenvalue weighted by Crippen LogP contribution is 2.39. The van der Waals surface area contributed by atoms with Gasteiger partial charge in [-0.3, -0.25) is 0 Å². The van der Waals surface area contributed by atoms with Crippen molar-refractivity contribution in [3.05, 3.63) is 182 Å². The molecular weight excluding hydrogens is 597 g/mol. The van der Waals surface area contributed by atoms with Crippen LogP contribution in [0.1, 0.15) is 21.9 Å². The van der Waals surface area contributed by atoms with Gasteiger partial charge in [-0.1, -0.05) is 157 Å². The Morgan fingerprint density at radius 1 is 0.408 bits per heavy atom. The van der Waals surface area contributed by atoms with E-state index < -0.39 is 141 Å². The van der Waals surface area contributed by atoms with Crippen LogP contribution >= 0.6 is 0 Å². The van der Waals surface area contributed by atoms with E-state index in [2.05, 4.69) is 4.98 Å². The molecule has 0 spiro atoms. The molecule has 0 N–H and O–H groups in total. The van der Waals surface area contributed by atoms with Gasteiger partial charge in [0, 0.05) is 38.7 Å². The molecule has 4 heteroatoms. The van der Waals surface area contributed by atoms with E-state index in [1.165, 1.54) is 0 Å². The molecule has 0 aliphatic heterocycles. The lowest BCUT2D eigenvalue weighted by Gasteiger charge is -2.13. The molecule has 0 saturated heterocycles. The van der Waals surface area contributed by atoms with Crippen LogP contribution in [0.5, 0.6) is 0 Å². The van der Waals surface area contributed by atoms with Crippen LogP contribution in [0.25, 0.3) is 83.9 Å². The van der Waals surface area contributed by atoms with Crippen molar-refractivity contribution in [3.63, 3.8) is 0 Å². The molecule has 0 aliphatic rings. The first-order valence-electron chi connectivity index (χ1n) is 23.2. The molecule has 0 bridgehead atoms. The molecule has 7 aromatic carbocycles. The van der Waals surface area contributed by atoms with Crippen molar-refractivity contribution in [2.45, 2.75) is 0 Å². The monoisotopic (exact) mass is 642 g/mol. The molecule has 4 nitrogen and oxygen atoms in total. The van der Waals surface area contributed by atoms with Crippen LogP contribution in [0, 0.1) is 0 Å². The van der Waals surface area contributed by atoms with E-state index in [0.717, 1.165) is 15.7 Å². The lowest BCUT2D eigenvalue weighted by molar-refractivity contribution is 1.07. The first kappa shape index (κ1) is 16.4. The maximum absolute atomic E-state index is 9.80. The zero-order valence-corrected chi connectivity index (χ0v) is 25.4. The lowest BCUT2D eigenvalue weighted by atomic mass is 9.99. The van der Waals surface area contributed by atoms with Gasteiger partial charge in [0.2, 0.25) is 0 Å². The lowest BCUT2D eigenvalue weighted by Crippen LogP contribution is -2.00. The Labute approximate surface area is 307 Å². The van der Waals surface area contributed by atoms with E-state index in [1.807, 2.05) is 42.5 Å². The Hall–Kier alpha value is -6.65. The smallest absolute Gasteiger partial charge is 0.164 e. The number of aromatic nitrogens is 4. The molecule has 0 radical (unpaired) electrons. The molecule has 9 rings (SSSR count). The molecule has 0 saturated carbocycles. The average molecular weight is 643 g/mol. The number of para-hydroxylation sites is 3. The fourth-order valence-electron chi connectivity index (χ4n) is 5.69. The van der Waals surface area contributed by atoms with Gasteiger partial charge in [0.15, 0.2) is 17.5 Å². The van der Waals surface area contributed by atoms with E-state index in [1.54, 1.807) is 42.5 Å². The first-order chi connectivity index (χ1) is 31.0. The highest BCUT2D eigenvalue weighted by Gasteiger charge is 2.18. The minimum atomic E-state index is -0.829. The standard InChI is InChI=1S/C45H30N4/c1-4-14-31(15-5-1)32-26-28-34(29-27-32)44-46-43(33-16-6-2-7-17-33)47-45(48-44)36-19-12-18-35(30-36)38-23-13-24-40-39-22-10-11-25-41(39)49(42(38)40)37-20-8-3-9-21-37/h1-30H/i3D,8D,9D,10D,11D,12D,13D,18D,19D,20D,21D,22D,23D,24D,25D,30D. The summed E-state index contributed by atoms with van der Waals surface area (Å²) < 4.78 is 144. The summed E-state index contributed by atoms with van der Waals surface area (Å²) in [4.78, 5) is 14.1. The molecule has 9 aromatic rings. The van der Waals surface area contributed by atoms with Gasteiger partial charge in [-0.15, -0.1) is 0 Å². The number of nitrogens with zero attached hydrogens (tertiary/aromatic N) is 4. The van der Waals surface area contributed by atoms with E-state index in [9.17, 15) is 5.48 Å². The molecule has 2 heterocycles. The molecular formula is C45H30N4. The third-order valence-electron chi connectivity index (χ3n) is 7.94. The highest BCUT2D eigenvalue weighted by atomic mass is 15.0. The summed E-state index contributed by atoms with van der Waals surface area (Å²) in [5.41, 5.74) is -0.198. The minimum absolute atomic E-state index is 0.121. The van der Waals surface area contributed by atoms with Gasteiger partial charge in [-0.25, -0.2) is 15.0 Å². The summed E-state index contributed by atoms with van der Waals surface area (Å²) in [7, 11) is 0. The quantitative estimate of drug-likeness (QED) is 0.181. The second-order valence-corrected chi connectivity index (χ2v) is 10.9. The molecule has 0 aliphatic carbocycles. The van der Waals surface area contributed by atoms with Crippen molar-refractivity contribution in [3.8, 4) is 62.1 Å². The average Bonchev–Trinajstić information content (AvgIpc) is 3.67. The van der Waals surface area contributed by atoms with Crippen molar-refractivity contribution >= 4 is 21.8 Å². The molecule has 0 fully saturated rings. The Kier molecular flexibility index (Phi) is 4.09. The topological polar surface area (TPSA) is 43.6 Å². The summed E-state index contributed by atoms with van der Waals surface area (Å²) in [5.74, 6) is -0.0298. The fourth-order valence-corrected chi connectivity index (χ4v) is 5.69. The van der Waals surface area contributed by atoms with E-state index in [0.29, 0.717) is 11.1 Å². The van der Waals surface area contributed by atoms with Crippen LogP contribution < -0.4 is 0 Å². The predicted octanol–water partition coefficient (Wildman–Crippen LogP) is 11.3. The van der Waals surface area contributed by atoms with Crippen LogP contribution in [-0.4, -0.2) is 19.5 Å². The number of hydrogen-bond acceptors (Lipinski definition) is 3. The third-order valence-corrected chi connectivity index (χ3v) is 7.94. The van der Waals surface area contributed by atoms with Crippen molar-refractivity contribution in [1.82, 2.24) is 19.5 Å². The summed E-state index contributed by atoms with van der Waals surface area (Å²) in [6.45, 7) is 0. The van der Waals surface area contributed by atoms with E-state index >= 15 is 0 Å². The van der Waals surface area contributed by atoms with Crippen molar-refractivity contribution in [2.75, 3.05) is 0 Å². The normalized spacial score (nSPS) is 15.8. The van der Waals surface area contributed by atoms with Crippen molar-refractivity contribution in [2.24, 2.45) is 0 Å². The Bertz CT molecular complexity index is 3460. The minimum Gasteiger partial charge on any atom is -0.309 e. The van der Waals surface area contributed by atoms with Gasteiger partial charge >= 0.3 is 0 Å². The van der Waals surface area contributed by atoms with Crippen molar-refractivity contribution < 1.29 is 21.9 Å². The Balaban J connectivity index is 1.42. The first-order valence-corrected chi connectivity index (χ1v) is 15.2. The van der Waals surface area contributed by atoms with Gasteiger partial charge < -0.3 is 4.57 Å². The fraction of sp³-hybridized carbons (Fsp3) is 0. The summed E-state index contributed by atoms with van der Waals surface area (Å²) in [6.07, 6.45) is 0. The van der Waals surface area contributed by atoms with Crippen LogP contribution in [0.15, 0.2) is 182 Å². The molecule has 0 unspecified atom stereocenters. The zero-order valence-electron chi connectivity index (χ0n) is 41.4. The third kappa shape index (κ3) is 5.26. The van der Waals surface area contributed by atoms with Gasteiger partial charge in [-0.05, 0) is 40.9 Å². The molecule has 230 valence electrons. The summed E-state index contributed by atoms with van der Waals surface area (Å²) >= 11 is 0. The molecule has 49 heavy (non-hydrogen) atoms. The Morgan fingerprint density at radius 2 is 0.939 bits per heavy atom. The van der Waals surface area contributed by atoms with Gasteiger partial charge in [0.05, 0.1) is 33.0 Å². The summed E-state index contributed by atoms with van der Waals surface area (Å²) in [6, 6.07) is 13.4. The van der Waals surface area contributed by atoms with Gasteiger partial charge in [-0.2, -0.15) is 0 Å². The van der Waals surface area contributed by atoms with E-state index in [-0.39, 0.29) is 17.5 Å². The number of rotatable bonds is 6. The molecule has 0 amide bonds. The van der Waals surface area contributed by atoms with Crippen LogP contribution in [0.3, 0.4) is 0 Å². The second kappa shape index (κ2) is 12.2. The van der Waals surface area contributed by atoms with E-state index in [4.69, 9.17) is 26.4 Å². The second-order valence-electron chi connectivity index (χ2n) is 10.9. The predicted molar refractivity (Wildman–Crippen MR) is 201 cm³/mol. The molecule has 2 aromatic heterocycles. The van der Waals surface area contributed by atoms with Crippen LogP contribution in [0.4, 0.5) is 0 Å². The maximum Gasteiger partial charge on any atom is 0.164 e. The highest BCUT2D eigenvalue weighted by molar-refractivity contribution is 6.13. The molecule has 0 atom stereocenters. The van der Waals surface area contributed by atoms with Crippen LogP contribution in [0.2, 0.25) is 0 Å². The number of fused-ring (bicyclic) bond motifs is 3. The zero-order chi connectivity index (χ0) is 46.5. The Morgan fingerprint density at radius 3 is 1.67 bits per heavy atom.